The molecule has 0 saturated carbocycles. The minimum atomic E-state index is 0.723. The van der Waals surface area contributed by atoms with Crippen molar-refractivity contribution in [1.29, 1.82) is 0 Å². The van der Waals surface area contributed by atoms with Crippen molar-refractivity contribution >= 4 is 0 Å². The van der Waals surface area contributed by atoms with Crippen LogP contribution in [0.2, 0.25) is 0 Å². The molecule has 4 nitrogen and oxygen atoms in total. The lowest BCUT2D eigenvalue weighted by Crippen LogP contribution is -2.14. The van der Waals surface area contributed by atoms with E-state index in [1.807, 2.05) is 21.0 Å². The van der Waals surface area contributed by atoms with Gasteiger partial charge in [-0.3, -0.25) is 10.0 Å². The van der Waals surface area contributed by atoms with E-state index >= 15 is 0 Å². The summed E-state index contributed by atoms with van der Waals surface area (Å²) < 4.78 is 0. The predicted octanol–water partition coefficient (Wildman–Crippen LogP) is 1.34. The molecule has 0 aliphatic heterocycles. The lowest BCUT2D eigenvalue weighted by Gasteiger charge is -2.10. The zero-order valence-electron chi connectivity index (χ0n) is 7.49. The normalized spacial score (nSPS) is 10.1. The highest BCUT2D eigenvalue weighted by Gasteiger charge is 1.88. The lowest BCUT2D eigenvalue weighted by molar-refractivity contribution is 0.271. The van der Waals surface area contributed by atoms with E-state index < -0.39 is 0 Å². The quantitative estimate of drug-likeness (QED) is 0.341. The van der Waals surface area contributed by atoms with Gasteiger partial charge in [-0.25, -0.2) is 0 Å². The van der Waals surface area contributed by atoms with Gasteiger partial charge in [0.05, 0.1) is 6.54 Å². The van der Waals surface area contributed by atoms with Crippen molar-refractivity contribution in [3.8, 4) is 0 Å². The van der Waals surface area contributed by atoms with Crippen molar-refractivity contribution in [2.75, 3.05) is 27.2 Å². The highest BCUT2D eigenvalue weighted by Crippen LogP contribution is 1.88. The molecule has 11 heavy (non-hydrogen) atoms. The molecule has 0 fully saturated rings. The number of rotatable bonds is 5. The van der Waals surface area contributed by atoms with Crippen LogP contribution >= 0.6 is 0 Å². The van der Waals surface area contributed by atoms with Crippen molar-refractivity contribution < 1.29 is 0 Å². The maximum absolute atomic E-state index is 3.90. The van der Waals surface area contributed by atoms with Gasteiger partial charge in [-0.2, -0.15) is 0 Å². The average molecular weight is 156 g/mol. The van der Waals surface area contributed by atoms with Crippen LogP contribution in [0.1, 0.15) is 6.92 Å². The summed E-state index contributed by atoms with van der Waals surface area (Å²) >= 11 is 0. The molecule has 0 aliphatic carbocycles. The van der Waals surface area contributed by atoms with Crippen molar-refractivity contribution in [1.82, 2.24) is 10.0 Å². The van der Waals surface area contributed by atoms with Gasteiger partial charge in [0.15, 0.2) is 0 Å². The highest BCUT2D eigenvalue weighted by molar-refractivity contribution is 4.68. The summed E-state index contributed by atoms with van der Waals surface area (Å²) in [5.74, 6) is 0. The Morgan fingerprint density at radius 2 is 1.82 bits per heavy atom. The van der Waals surface area contributed by atoms with Crippen LogP contribution in [-0.4, -0.2) is 37.2 Å². The Labute approximate surface area is 68.1 Å². The van der Waals surface area contributed by atoms with Crippen LogP contribution in [0, 0.1) is 0 Å². The van der Waals surface area contributed by atoms with E-state index in [-0.39, 0.29) is 0 Å². The molecule has 0 amide bonds. The van der Waals surface area contributed by atoms with Crippen molar-refractivity contribution in [2.45, 2.75) is 6.92 Å². The fourth-order valence-electron chi connectivity index (χ4n) is 0.423. The molecule has 0 aromatic heterocycles. The third-order valence-corrected chi connectivity index (χ3v) is 1.20. The Bertz CT molecular complexity index is 132. The van der Waals surface area contributed by atoms with Crippen LogP contribution in [0.15, 0.2) is 23.1 Å². The van der Waals surface area contributed by atoms with E-state index in [4.69, 9.17) is 0 Å². The molecule has 4 heteroatoms. The average Bonchev–Trinajstić information content (AvgIpc) is 2.01. The summed E-state index contributed by atoms with van der Waals surface area (Å²) in [4.78, 5) is 0. The number of likely N-dealkylation sites (N-methyl/N-ethyl adjacent to an activating group) is 1. The van der Waals surface area contributed by atoms with E-state index in [1.165, 1.54) is 0 Å². The molecule has 0 aromatic rings. The molecule has 0 aliphatic rings. The SMILES string of the molecule is C=CCN(C)/N=N/N(C)CC. The van der Waals surface area contributed by atoms with Gasteiger partial charge in [-0.05, 0) is 6.92 Å². The van der Waals surface area contributed by atoms with Crippen molar-refractivity contribution in [3.63, 3.8) is 0 Å². The molecule has 0 heterocycles. The molecule has 0 rings (SSSR count). The topological polar surface area (TPSA) is 31.2 Å². The first-order valence-electron chi connectivity index (χ1n) is 3.65. The molecule has 0 unspecified atom stereocenters. The van der Waals surface area contributed by atoms with Gasteiger partial charge in [0.25, 0.3) is 0 Å². The molecule has 0 aromatic carbocycles. The zero-order valence-corrected chi connectivity index (χ0v) is 7.49. The van der Waals surface area contributed by atoms with Gasteiger partial charge < -0.3 is 0 Å². The largest absolute Gasteiger partial charge is 0.280 e. The van der Waals surface area contributed by atoms with E-state index in [2.05, 4.69) is 17.0 Å². The Kier molecular flexibility index (Phi) is 5.15. The summed E-state index contributed by atoms with van der Waals surface area (Å²) in [5, 5.41) is 11.3. The zero-order chi connectivity index (χ0) is 8.69. The Morgan fingerprint density at radius 1 is 1.27 bits per heavy atom. The van der Waals surface area contributed by atoms with Gasteiger partial charge >= 0.3 is 0 Å². The third-order valence-electron chi connectivity index (χ3n) is 1.20. The first kappa shape index (κ1) is 9.94. The van der Waals surface area contributed by atoms with Gasteiger partial charge in [0, 0.05) is 20.6 Å². The molecule has 0 N–H and O–H groups in total. The minimum absolute atomic E-state index is 0.723. The summed E-state index contributed by atoms with van der Waals surface area (Å²) in [6.07, 6.45) is 1.78. The number of hydrogen-bond donors (Lipinski definition) is 0. The second kappa shape index (κ2) is 5.70. The summed E-state index contributed by atoms with van der Waals surface area (Å²) in [6.45, 7) is 7.20. The Balaban J connectivity index is 3.62. The van der Waals surface area contributed by atoms with E-state index in [9.17, 15) is 0 Å². The molecular weight excluding hydrogens is 140 g/mol. The molecule has 0 spiro atoms. The smallest absolute Gasteiger partial charge is 0.0552 e. The molecule has 0 saturated heterocycles. The van der Waals surface area contributed by atoms with Crippen LogP contribution in [0.3, 0.4) is 0 Å². The van der Waals surface area contributed by atoms with Crippen LogP contribution in [0.25, 0.3) is 0 Å². The molecule has 0 atom stereocenters. The van der Waals surface area contributed by atoms with Crippen LogP contribution in [-0.2, 0) is 0 Å². The van der Waals surface area contributed by atoms with Crippen molar-refractivity contribution in [2.24, 2.45) is 10.4 Å². The van der Waals surface area contributed by atoms with E-state index in [1.54, 1.807) is 16.1 Å². The van der Waals surface area contributed by atoms with Crippen LogP contribution in [0.4, 0.5) is 0 Å². The highest BCUT2D eigenvalue weighted by atomic mass is 15.7. The van der Waals surface area contributed by atoms with E-state index in [0.717, 1.165) is 13.1 Å². The van der Waals surface area contributed by atoms with Gasteiger partial charge in [-0.1, -0.05) is 16.5 Å². The monoisotopic (exact) mass is 156 g/mol. The maximum atomic E-state index is 3.90. The lowest BCUT2D eigenvalue weighted by atomic mass is 10.6. The van der Waals surface area contributed by atoms with Gasteiger partial charge in [-0.15, -0.1) is 6.58 Å². The second-order valence-corrected chi connectivity index (χ2v) is 2.28. The summed E-state index contributed by atoms with van der Waals surface area (Å²) in [6, 6.07) is 0. The molecule has 0 radical (unpaired) electrons. The van der Waals surface area contributed by atoms with Crippen LogP contribution < -0.4 is 0 Å². The second-order valence-electron chi connectivity index (χ2n) is 2.28. The third kappa shape index (κ3) is 5.39. The number of hydrogen-bond acceptors (Lipinski definition) is 2. The first-order chi connectivity index (χ1) is 5.20. The first-order valence-corrected chi connectivity index (χ1v) is 3.65. The molecule has 64 valence electrons. The number of nitrogens with zero attached hydrogens (tertiary/aromatic N) is 4. The predicted molar refractivity (Wildman–Crippen MR) is 46.0 cm³/mol. The van der Waals surface area contributed by atoms with Gasteiger partial charge in [0.2, 0.25) is 0 Å². The summed E-state index contributed by atoms with van der Waals surface area (Å²) in [7, 11) is 3.74. The Hall–Kier alpha value is -1.06. The Morgan fingerprint density at radius 3 is 2.27 bits per heavy atom. The van der Waals surface area contributed by atoms with E-state index in [0.29, 0.717) is 0 Å². The minimum Gasteiger partial charge on any atom is -0.280 e. The standard InChI is InChI=1S/C7H16N4/c1-5-7-11(4)9-8-10(3)6-2/h5H,1,6-7H2,2-4H3/b9-8+. The fourth-order valence-corrected chi connectivity index (χ4v) is 0.423. The maximum Gasteiger partial charge on any atom is 0.0552 e. The fraction of sp³-hybridized carbons (Fsp3) is 0.714. The van der Waals surface area contributed by atoms with Gasteiger partial charge in [0.1, 0.15) is 0 Å². The summed E-state index contributed by atoms with van der Waals surface area (Å²) in [5.41, 5.74) is 0. The molecule has 0 bridgehead atoms. The van der Waals surface area contributed by atoms with Crippen LogP contribution in [0.5, 0.6) is 0 Å². The molecular formula is C7H16N4. The van der Waals surface area contributed by atoms with Crippen molar-refractivity contribution in [3.05, 3.63) is 12.7 Å².